The predicted octanol–water partition coefficient (Wildman–Crippen LogP) is 2.19. The van der Waals surface area contributed by atoms with Crippen molar-refractivity contribution in [3.63, 3.8) is 0 Å². The molecule has 1 aromatic heterocycles. The van der Waals surface area contributed by atoms with Crippen molar-refractivity contribution in [3.8, 4) is 0 Å². The van der Waals surface area contributed by atoms with Crippen molar-refractivity contribution in [2.75, 3.05) is 32.7 Å². The maximum absolute atomic E-state index is 12.8. The summed E-state index contributed by atoms with van der Waals surface area (Å²) in [6.07, 6.45) is 6.67. The molecule has 5 heterocycles. The van der Waals surface area contributed by atoms with Crippen LogP contribution in [-0.4, -0.2) is 64.5 Å². The van der Waals surface area contributed by atoms with Crippen molar-refractivity contribution in [1.82, 2.24) is 19.7 Å². The predicted molar refractivity (Wildman–Crippen MR) is 88.9 cm³/mol. The van der Waals surface area contributed by atoms with Crippen LogP contribution in [0.3, 0.4) is 0 Å². The summed E-state index contributed by atoms with van der Waals surface area (Å²) < 4.78 is 0. The van der Waals surface area contributed by atoms with Gasteiger partial charge in [-0.15, -0.1) is 0 Å². The highest BCUT2D eigenvalue weighted by molar-refractivity contribution is 5.74. The molecule has 0 unspecified atom stereocenters. The van der Waals surface area contributed by atoms with E-state index in [1.807, 2.05) is 17.2 Å². The van der Waals surface area contributed by atoms with Crippen LogP contribution in [0, 0.1) is 5.92 Å². The summed E-state index contributed by atoms with van der Waals surface area (Å²) in [5, 5.41) is 0. The van der Waals surface area contributed by atoms with Crippen LogP contribution in [0.25, 0.3) is 0 Å². The first kappa shape index (κ1) is 14.9. The van der Waals surface area contributed by atoms with E-state index in [0.29, 0.717) is 12.0 Å². The second-order valence-electron chi connectivity index (χ2n) is 7.23. The highest BCUT2D eigenvalue weighted by Gasteiger charge is 2.37. The molecule has 0 aromatic carbocycles. The molecule has 1 aromatic rings. The third-order valence-corrected chi connectivity index (χ3v) is 5.57. The Hall–Kier alpha value is -1.62. The zero-order chi connectivity index (χ0) is 15.6. The van der Waals surface area contributed by atoms with Crippen molar-refractivity contribution < 1.29 is 4.79 Å². The monoisotopic (exact) mass is 314 g/mol. The number of pyridine rings is 1. The van der Waals surface area contributed by atoms with Gasteiger partial charge in [-0.1, -0.05) is 6.07 Å². The Bertz CT molecular complexity index is 543. The van der Waals surface area contributed by atoms with E-state index in [4.69, 9.17) is 0 Å². The standard InChI is InChI=1S/C18H26N4O/c23-18(20-9-3-4-10-20)22-12-15-6-7-17(14-22)21(11-15)13-16-5-1-2-8-19-16/h1-2,5,8,15,17H,3-4,6-7,9-14H2/t15-,17-/m0/s1. The van der Waals surface area contributed by atoms with Gasteiger partial charge in [-0.2, -0.15) is 0 Å². The van der Waals surface area contributed by atoms with Gasteiger partial charge < -0.3 is 9.80 Å². The Morgan fingerprint density at radius 2 is 1.96 bits per heavy atom. The Morgan fingerprint density at radius 1 is 1.09 bits per heavy atom. The molecule has 124 valence electrons. The van der Waals surface area contributed by atoms with E-state index in [9.17, 15) is 4.79 Å². The number of hydrogen-bond donors (Lipinski definition) is 0. The number of carbonyl (C=O) groups is 1. The average Bonchev–Trinajstić information content (AvgIpc) is 2.97. The van der Waals surface area contributed by atoms with E-state index in [2.05, 4.69) is 26.9 Å². The third kappa shape index (κ3) is 3.20. The third-order valence-electron chi connectivity index (χ3n) is 5.57. The fourth-order valence-corrected chi connectivity index (χ4v) is 4.34. The molecule has 0 saturated carbocycles. The molecule has 2 atom stereocenters. The minimum atomic E-state index is 0.277. The van der Waals surface area contributed by atoms with Crippen molar-refractivity contribution in [2.24, 2.45) is 5.92 Å². The Labute approximate surface area is 138 Å². The van der Waals surface area contributed by atoms with Gasteiger partial charge >= 0.3 is 6.03 Å². The fourth-order valence-electron chi connectivity index (χ4n) is 4.34. The van der Waals surface area contributed by atoms with Gasteiger partial charge in [0.25, 0.3) is 0 Å². The van der Waals surface area contributed by atoms with Crippen LogP contribution in [-0.2, 0) is 6.54 Å². The molecular formula is C18H26N4O. The van der Waals surface area contributed by atoms with Crippen LogP contribution in [0.4, 0.5) is 4.79 Å². The molecule has 4 saturated heterocycles. The first-order valence-electron chi connectivity index (χ1n) is 8.97. The van der Waals surface area contributed by atoms with Gasteiger partial charge in [-0.05, 0) is 43.7 Å². The van der Waals surface area contributed by atoms with Crippen LogP contribution in [0.5, 0.6) is 0 Å². The number of likely N-dealkylation sites (tertiary alicyclic amines) is 1. The molecule has 0 aliphatic carbocycles. The first-order chi connectivity index (χ1) is 11.3. The van der Waals surface area contributed by atoms with Crippen LogP contribution in [0.15, 0.2) is 24.4 Å². The van der Waals surface area contributed by atoms with Crippen LogP contribution < -0.4 is 0 Å². The summed E-state index contributed by atoms with van der Waals surface area (Å²) in [6, 6.07) is 6.89. The summed E-state index contributed by atoms with van der Waals surface area (Å²) in [4.78, 5) is 24.0. The van der Waals surface area contributed by atoms with Gasteiger partial charge in [0, 0.05) is 51.5 Å². The number of rotatable bonds is 2. The van der Waals surface area contributed by atoms with Crippen molar-refractivity contribution in [1.29, 1.82) is 0 Å². The summed E-state index contributed by atoms with van der Waals surface area (Å²) in [5.74, 6) is 0.615. The molecule has 0 N–H and O–H groups in total. The minimum Gasteiger partial charge on any atom is -0.325 e. The topological polar surface area (TPSA) is 39.7 Å². The quantitative estimate of drug-likeness (QED) is 0.840. The van der Waals surface area contributed by atoms with E-state index < -0.39 is 0 Å². The summed E-state index contributed by atoms with van der Waals surface area (Å²) in [5.41, 5.74) is 1.14. The maximum atomic E-state index is 12.8. The molecule has 2 amide bonds. The Morgan fingerprint density at radius 3 is 2.74 bits per heavy atom. The first-order valence-corrected chi connectivity index (χ1v) is 8.97. The fraction of sp³-hybridized carbons (Fsp3) is 0.667. The summed E-state index contributed by atoms with van der Waals surface area (Å²) in [6.45, 7) is 5.73. The van der Waals surface area contributed by atoms with E-state index >= 15 is 0 Å². The molecule has 2 bridgehead atoms. The van der Waals surface area contributed by atoms with E-state index in [-0.39, 0.29) is 6.03 Å². The number of urea groups is 1. The highest BCUT2D eigenvalue weighted by Crippen LogP contribution is 2.29. The van der Waals surface area contributed by atoms with Gasteiger partial charge in [0.15, 0.2) is 0 Å². The van der Waals surface area contributed by atoms with Crippen LogP contribution >= 0.6 is 0 Å². The molecule has 0 radical (unpaired) electrons. The summed E-state index contributed by atoms with van der Waals surface area (Å²) in [7, 11) is 0. The summed E-state index contributed by atoms with van der Waals surface area (Å²) >= 11 is 0. The van der Waals surface area contributed by atoms with Gasteiger partial charge in [0.2, 0.25) is 0 Å². The average molecular weight is 314 g/mol. The van der Waals surface area contributed by atoms with E-state index in [1.54, 1.807) is 0 Å². The molecule has 4 aliphatic rings. The number of amides is 2. The normalized spacial score (nSPS) is 28.2. The highest BCUT2D eigenvalue weighted by atomic mass is 16.2. The number of carbonyl (C=O) groups excluding carboxylic acids is 1. The lowest BCUT2D eigenvalue weighted by Crippen LogP contribution is -2.46. The lowest BCUT2D eigenvalue weighted by molar-refractivity contribution is 0.121. The second-order valence-corrected chi connectivity index (χ2v) is 7.23. The molecule has 5 nitrogen and oxygen atoms in total. The number of hydrogen-bond acceptors (Lipinski definition) is 3. The van der Waals surface area contributed by atoms with E-state index in [1.165, 1.54) is 12.8 Å². The molecule has 23 heavy (non-hydrogen) atoms. The number of fused-ring (bicyclic) bond motifs is 4. The van der Waals surface area contributed by atoms with Crippen molar-refractivity contribution in [2.45, 2.75) is 38.3 Å². The SMILES string of the molecule is O=C(N1CCCC1)N1C[C@H]2CC[C@@H](C1)N(Cc1ccccn1)C2. The Balaban J connectivity index is 1.45. The number of piperidine rings is 1. The molecule has 5 heteroatoms. The molecule has 5 rings (SSSR count). The van der Waals surface area contributed by atoms with Crippen molar-refractivity contribution in [3.05, 3.63) is 30.1 Å². The molecule has 0 spiro atoms. The minimum absolute atomic E-state index is 0.277. The van der Waals surface area contributed by atoms with Gasteiger partial charge in [-0.3, -0.25) is 9.88 Å². The second kappa shape index (κ2) is 6.48. The number of nitrogens with zero attached hydrogens (tertiary/aromatic N) is 4. The van der Waals surface area contributed by atoms with Crippen molar-refractivity contribution >= 4 is 6.03 Å². The largest absolute Gasteiger partial charge is 0.325 e. The molecular weight excluding hydrogens is 288 g/mol. The zero-order valence-electron chi connectivity index (χ0n) is 13.7. The Kier molecular flexibility index (Phi) is 4.21. The maximum Gasteiger partial charge on any atom is 0.320 e. The van der Waals surface area contributed by atoms with Gasteiger partial charge in [-0.25, -0.2) is 4.79 Å². The molecule has 4 aliphatic heterocycles. The lowest BCUT2D eigenvalue weighted by atomic mass is 9.95. The van der Waals surface area contributed by atoms with Crippen LogP contribution in [0.2, 0.25) is 0 Å². The zero-order valence-corrected chi connectivity index (χ0v) is 13.7. The van der Waals surface area contributed by atoms with Gasteiger partial charge in [0.05, 0.1) is 5.69 Å². The van der Waals surface area contributed by atoms with Gasteiger partial charge in [0.1, 0.15) is 0 Å². The van der Waals surface area contributed by atoms with Crippen LogP contribution in [0.1, 0.15) is 31.4 Å². The smallest absolute Gasteiger partial charge is 0.320 e. The lowest BCUT2D eigenvalue weighted by Gasteiger charge is -2.35. The number of aromatic nitrogens is 1. The molecule has 4 fully saturated rings. The van der Waals surface area contributed by atoms with E-state index in [0.717, 1.165) is 57.8 Å².